The summed E-state index contributed by atoms with van der Waals surface area (Å²) < 4.78 is 16.2. The highest BCUT2D eigenvalue weighted by atomic mass is 32.1. The molecule has 4 nitrogen and oxygen atoms in total. The highest BCUT2D eigenvalue weighted by Crippen LogP contribution is 2.27. The van der Waals surface area contributed by atoms with Crippen LogP contribution in [-0.2, 0) is 4.79 Å². The second kappa shape index (κ2) is 4.45. The summed E-state index contributed by atoms with van der Waals surface area (Å²) in [4.78, 5) is 16.2. The number of nitrogens with zero attached hydrogens (tertiary/aromatic N) is 2. The van der Waals surface area contributed by atoms with E-state index < -0.39 is 0 Å². The summed E-state index contributed by atoms with van der Waals surface area (Å²) >= 11 is 5.30. The third-order valence-electron chi connectivity index (χ3n) is 3.67. The number of amides is 1. The number of halogens is 1. The van der Waals surface area contributed by atoms with Crippen LogP contribution in [0.1, 0.15) is 18.9 Å². The van der Waals surface area contributed by atoms with E-state index >= 15 is 0 Å². The normalized spacial score (nSPS) is 20.2. The lowest BCUT2D eigenvalue weighted by atomic mass is 10.1. The molecule has 0 bridgehead atoms. The van der Waals surface area contributed by atoms with Gasteiger partial charge in [-0.25, -0.2) is 4.39 Å². The van der Waals surface area contributed by atoms with Gasteiger partial charge in [0.15, 0.2) is 4.77 Å². The van der Waals surface area contributed by atoms with Crippen molar-refractivity contribution < 1.29 is 9.18 Å². The Bertz CT molecular complexity index is 705. The van der Waals surface area contributed by atoms with E-state index in [1.54, 1.807) is 18.0 Å². The van der Waals surface area contributed by atoms with Crippen LogP contribution in [0.15, 0.2) is 18.2 Å². The number of hydrogen-bond acceptors (Lipinski definition) is 2. The van der Waals surface area contributed by atoms with E-state index in [1.165, 1.54) is 6.07 Å². The summed E-state index contributed by atoms with van der Waals surface area (Å²) in [6.45, 7) is 0.608. The summed E-state index contributed by atoms with van der Waals surface area (Å²) in [6.07, 6.45) is 1.24. The number of likely N-dealkylation sites (N-methyl/N-ethyl adjacent to an activating group) is 1. The number of hydrogen-bond donors (Lipinski definition) is 1. The maximum Gasteiger partial charge on any atom is 0.222 e. The molecule has 0 radical (unpaired) electrons. The molecule has 1 N–H and O–H groups in total. The van der Waals surface area contributed by atoms with Gasteiger partial charge in [-0.1, -0.05) is 6.07 Å². The Balaban J connectivity index is 2.10. The lowest BCUT2D eigenvalue weighted by Crippen LogP contribution is -2.37. The number of piperidine rings is 1. The summed E-state index contributed by atoms with van der Waals surface area (Å²) in [5.41, 5.74) is 1.20. The van der Waals surface area contributed by atoms with Crippen LogP contribution in [0.3, 0.4) is 0 Å². The number of para-hydroxylation sites is 1. The number of aromatic amines is 1. The van der Waals surface area contributed by atoms with Crippen molar-refractivity contribution in [3.05, 3.63) is 28.8 Å². The van der Waals surface area contributed by atoms with Gasteiger partial charge in [-0.05, 0) is 30.8 Å². The van der Waals surface area contributed by atoms with Gasteiger partial charge in [0.2, 0.25) is 5.91 Å². The first kappa shape index (κ1) is 12.3. The van der Waals surface area contributed by atoms with E-state index in [9.17, 15) is 9.18 Å². The first-order valence-electron chi connectivity index (χ1n) is 6.20. The minimum absolute atomic E-state index is 0.103. The molecular weight excluding hydrogens is 265 g/mol. The molecule has 2 heterocycles. The molecule has 1 aliphatic heterocycles. The van der Waals surface area contributed by atoms with Crippen molar-refractivity contribution in [2.45, 2.75) is 18.9 Å². The standard InChI is InChI=1S/C13H14FN3OS/c1-16-7-8(5-6-11(16)18)17-10-4-2-3-9(14)12(10)15-13(17)19/h2-4,8H,5-7H2,1H3,(H,15,19). The summed E-state index contributed by atoms with van der Waals surface area (Å²) in [6, 6.07) is 5.04. The monoisotopic (exact) mass is 279 g/mol. The number of H-pyrrole nitrogens is 1. The number of carbonyl (C=O) groups excluding carboxylic acids is 1. The summed E-state index contributed by atoms with van der Waals surface area (Å²) in [5, 5.41) is 0. The lowest BCUT2D eigenvalue weighted by molar-refractivity contribution is -0.132. The maximum absolute atomic E-state index is 13.7. The van der Waals surface area contributed by atoms with E-state index in [4.69, 9.17) is 12.2 Å². The quantitative estimate of drug-likeness (QED) is 0.815. The van der Waals surface area contributed by atoms with Gasteiger partial charge in [0, 0.05) is 20.0 Å². The van der Waals surface area contributed by atoms with Crippen molar-refractivity contribution in [2.75, 3.05) is 13.6 Å². The predicted octanol–water partition coefficient (Wildman–Crippen LogP) is 2.63. The molecule has 3 rings (SSSR count). The second-order valence-corrected chi connectivity index (χ2v) is 5.29. The Hall–Kier alpha value is -1.69. The molecule has 0 spiro atoms. The fourth-order valence-electron chi connectivity index (χ4n) is 2.68. The first-order valence-corrected chi connectivity index (χ1v) is 6.61. The van der Waals surface area contributed by atoms with Crippen LogP contribution in [-0.4, -0.2) is 34.0 Å². The second-order valence-electron chi connectivity index (χ2n) is 4.90. The molecule has 1 amide bonds. The van der Waals surface area contributed by atoms with Crippen LogP contribution >= 0.6 is 12.2 Å². The molecule has 1 aliphatic rings. The largest absolute Gasteiger partial charge is 0.344 e. The smallest absolute Gasteiger partial charge is 0.222 e. The van der Waals surface area contributed by atoms with Crippen molar-refractivity contribution >= 4 is 29.2 Å². The number of benzene rings is 1. The average Bonchev–Trinajstić information content (AvgIpc) is 2.71. The number of carbonyl (C=O) groups is 1. The molecule has 1 unspecified atom stereocenters. The van der Waals surface area contributed by atoms with Gasteiger partial charge < -0.3 is 14.5 Å². The van der Waals surface area contributed by atoms with Gasteiger partial charge in [-0.3, -0.25) is 4.79 Å². The van der Waals surface area contributed by atoms with E-state index in [1.807, 2.05) is 10.6 Å². The van der Waals surface area contributed by atoms with Gasteiger partial charge in [0.25, 0.3) is 0 Å². The zero-order valence-corrected chi connectivity index (χ0v) is 11.3. The van der Waals surface area contributed by atoms with Gasteiger partial charge in [0.1, 0.15) is 11.3 Å². The van der Waals surface area contributed by atoms with Crippen molar-refractivity contribution in [1.82, 2.24) is 14.5 Å². The van der Waals surface area contributed by atoms with E-state index in [2.05, 4.69) is 4.98 Å². The van der Waals surface area contributed by atoms with E-state index in [0.717, 1.165) is 11.9 Å². The molecule has 1 fully saturated rings. The van der Waals surface area contributed by atoms with Crippen molar-refractivity contribution in [3.8, 4) is 0 Å². The molecular formula is C13H14FN3OS. The Morgan fingerprint density at radius 3 is 3.00 bits per heavy atom. The first-order chi connectivity index (χ1) is 9.08. The molecule has 0 saturated carbocycles. The molecule has 100 valence electrons. The highest BCUT2D eigenvalue weighted by molar-refractivity contribution is 7.71. The number of rotatable bonds is 1. The van der Waals surface area contributed by atoms with E-state index in [-0.39, 0.29) is 17.8 Å². The van der Waals surface area contributed by atoms with Crippen LogP contribution in [0.2, 0.25) is 0 Å². The highest BCUT2D eigenvalue weighted by Gasteiger charge is 2.26. The molecule has 1 aromatic heterocycles. The van der Waals surface area contributed by atoms with Crippen LogP contribution in [0.4, 0.5) is 4.39 Å². The van der Waals surface area contributed by atoms with Gasteiger partial charge in [-0.15, -0.1) is 0 Å². The average molecular weight is 279 g/mol. The summed E-state index contributed by atoms with van der Waals surface area (Å²) in [5.74, 6) is -0.156. The molecule has 2 aromatic rings. The minimum Gasteiger partial charge on any atom is -0.344 e. The Morgan fingerprint density at radius 2 is 2.26 bits per heavy atom. The maximum atomic E-state index is 13.7. The van der Waals surface area contributed by atoms with Crippen LogP contribution < -0.4 is 0 Å². The number of aromatic nitrogens is 2. The molecule has 0 aliphatic carbocycles. The Morgan fingerprint density at radius 1 is 1.47 bits per heavy atom. The topological polar surface area (TPSA) is 41.0 Å². The molecule has 1 aromatic carbocycles. The lowest BCUT2D eigenvalue weighted by Gasteiger charge is -2.30. The SMILES string of the molecule is CN1CC(n2c(=S)[nH]c3c(F)cccc32)CCC1=O. The molecule has 1 atom stereocenters. The third-order valence-corrected chi connectivity index (χ3v) is 3.97. The van der Waals surface area contributed by atoms with Crippen molar-refractivity contribution in [1.29, 1.82) is 0 Å². The van der Waals surface area contributed by atoms with Crippen LogP contribution in [0, 0.1) is 10.6 Å². The number of nitrogens with one attached hydrogen (secondary N) is 1. The minimum atomic E-state index is -0.303. The fourth-order valence-corrected chi connectivity index (χ4v) is 3.03. The van der Waals surface area contributed by atoms with Crippen LogP contribution in [0.5, 0.6) is 0 Å². The van der Waals surface area contributed by atoms with Crippen LogP contribution in [0.25, 0.3) is 11.0 Å². The Kier molecular flexibility index (Phi) is 2.89. The molecule has 6 heteroatoms. The van der Waals surface area contributed by atoms with Gasteiger partial charge in [-0.2, -0.15) is 0 Å². The fraction of sp³-hybridized carbons (Fsp3) is 0.385. The zero-order chi connectivity index (χ0) is 13.6. The zero-order valence-electron chi connectivity index (χ0n) is 10.5. The van der Waals surface area contributed by atoms with Gasteiger partial charge in [0.05, 0.1) is 11.6 Å². The van der Waals surface area contributed by atoms with Gasteiger partial charge >= 0.3 is 0 Å². The number of fused-ring (bicyclic) bond motifs is 1. The van der Waals surface area contributed by atoms with Crippen molar-refractivity contribution in [2.24, 2.45) is 0 Å². The van der Waals surface area contributed by atoms with Crippen molar-refractivity contribution in [3.63, 3.8) is 0 Å². The molecule has 1 saturated heterocycles. The number of imidazole rings is 1. The number of likely N-dealkylation sites (tertiary alicyclic amines) is 1. The summed E-state index contributed by atoms with van der Waals surface area (Å²) in [7, 11) is 1.79. The Labute approximate surface area is 114 Å². The van der Waals surface area contributed by atoms with E-state index in [0.29, 0.717) is 23.3 Å². The predicted molar refractivity (Wildman–Crippen MR) is 73.0 cm³/mol. The third kappa shape index (κ3) is 1.96. The molecule has 19 heavy (non-hydrogen) atoms.